The Hall–Kier alpha value is -3.72. The van der Waals surface area contributed by atoms with Gasteiger partial charge in [0.25, 0.3) is 0 Å². The molecule has 6 heteroatoms. The van der Waals surface area contributed by atoms with Gasteiger partial charge in [-0.1, -0.05) is 12.0 Å². The molecule has 1 amide bonds. The lowest BCUT2D eigenvalue weighted by molar-refractivity contribution is -0.121. The normalized spacial score (nSPS) is 13.6. The second-order valence-electron chi connectivity index (χ2n) is 6.43. The molecule has 4 rings (SSSR count). The molecule has 6 nitrogen and oxygen atoms in total. The SMILES string of the molecule is C#CCOc1ccc(-c2cc3cc(C4=NNC(=O)CC4)ccc3[nH]2)c(OC)c1. The van der Waals surface area contributed by atoms with E-state index in [1.165, 1.54) is 0 Å². The first-order valence-electron chi connectivity index (χ1n) is 8.91. The Balaban J connectivity index is 1.68. The van der Waals surface area contributed by atoms with Crippen molar-refractivity contribution in [2.75, 3.05) is 13.7 Å². The summed E-state index contributed by atoms with van der Waals surface area (Å²) in [4.78, 5) is 14.7. The fourth-order valence-corrected chi connectivity index (χ4v) is 3.25. The molecule has 140 valence electrons. The number of methoxy groups -OCH3 is 1. The molecular weight excluding hydrogens is 354 g/mol. The second-order valence-corrected chi connectivity index (χ2v) is 6.43. The van der Waals surface area contributed by atoms with Gasteiger partial charge in [0.05, 0.1) is 18.5 Å². The lowest BCUT2D eigenvalue weighted by Crippen LogP contribution is -2.25. The molecule has 0 aliphatic carbocycles. The van der Waals surface area contributed by atoms with Crippen LogP contribution in [0, 0.1) is 12.3 Å². The molecule has 0 fully saturated rings. The number of fused-ring (bicyclic) bond motifs is 1. The van der Waals surface area contributed by atoms with Gasteiger partial charge in [0.15, 0.2) is 0 Å². The van der Waals surface area contributed by atoms with Crippen LogP contribution in [0.1, 0.15) is 18.4 Å². The summed E-state index contributed by atoms with van der Waals surface area (Å²) in [5.74, 6) is 3.76. The predicted octanol–water partition coefficient (Wildman–Crippen LogP) is 3.47. The van der Waals surface area contributed by atoms with Crippen molar-refractivity contribution in [3.63, 3.8) is 0 Å². The first-order valence-corrected chi connectivity index (χ1v) is 8.91. The zero-order valence-corrected chi connectivity index (χ0v) is 15.4. The van der Waals surface area contributed by atoms with Crippen LogP contribution in [0.5, 0.6) is 11.5 Å². The van der Waals surface area contributed by atoms with E-state index in [1.54, 1.807) is 7.11 Å². The van der Waals surface area contributed by atoms with Crippen LogP contribution in [0.25, 0.3) is 22.2 Å². The lowest BCUT2D eigenvalue weighted by Gasteiger charge is -2.11. The van der Waals surface area contributed by atoms with E-state index >= 15 is 0 Å². The van der Waals surface area contributed by atoms with E-state index in [9.17, 15) is 4.79 Å². The minimum Gasteiger partial charge on any atom is -0.496 e. The minimum absolute atomic E-state index is 0.0458. The number of ether oxygens (including phenoxy) is 2. The van der Waals surface area contributed by atoms with E-state index < -0.39 is 0 Å². The number of aromatic nitrogens is 1. The number of H-pyrrole nitrogens is 1. The number of hydrazone groups is 1. The minimum atomic E-state index is -0.0458. The van der Waals surface area contributed by atoms with E-state index in [1.807, 2.05) is 30.3 Å². The van der Waals surface area contributed by atoms with Gasteiger partial charge in [-0.15, -0.1) is 6.42 Å². The molecule has 1 aromatic heterocycles. The van der Waals surface area contributed by atoms with Gasteiger partial charge in [0.1, 0.15) is 18.1 Å². The Kier molecular flexibility index (Phi) is 4.73. The first-order chi connectivity index (χ1) is 13.7. The molecule has 1 aliphatic rings. The van der Waals surface area contributed by atoms with E-state index in [-0.39, 0.29) is 12.5 Å². The second kappa shape index (κ2) is 7.49. The number of nitrogens with zero attached hydrogens (tertiary/aromatic N) is 1. The van der Waals surface area contributed by atoms with E-state index in [2.05, 4.69) is 33.6 Å². The molecule has 0 radical (unpaired) electrons. The molecule has 0 saturated carbocycles. The van der Waals surface area contributed by atoms with Crippen molar-refractivity contribution in [3.05, 3.63) is 48.0 Å². The maximum atomic E-state index is 11.3. The summed E-state index contributed by atoms with van der Waals surface area (Å²) in [5, 5.41) is 5.23. The van der Waals surface area contributed by atoms with Gasteiger partial charge < -0.3 is 14.5 Å². The molecule has 2 N–H and O–H groups in total. The molecule has 3 aromatic rings. The lowest BCUT2D eigenvalue weighted by atomic mass is 10.0. The Morgan fingerprint density at radius 2 is 2.07 bits per heavy atom. The first kappa shape index (κ1) is 17.7. The van der Waals surface area contributed by atoms with Crippen LogP contribution in [0.4, 0.5) is 0 Å². The third-order valence-corrected chi connectivity index (χ3v) is 4.64. The van der Waals surface area contributed by atoms with Crippen LogP contribution in [-0.2, 0) is 4.79 Å². The highest BCUT2D eigenvalue weighted by atomic mass is 16.5. The van der Waals surface area contributed by atoms with Crippen molar-refractivity contribution in [3.8, 4) is 35.1 Å². The highest BCUT2D eigenvalue weighted by Gasteiger charge is 2.15. The van der Waals surface area contributed by atoms with Gasteiger partial charge in [0, 0.05) is 35.4 Å². The maximum absolute atomic E-state index is 11.3. The number of carbonyl (C=O) groups excluding carboxylic acids is 1. The number of amides is 1. The third kappa shape index (κ3) is 3.42. The number of nitrogens with one attached hydrogen (secondary N) is 2. The summed E-state index contributed by atoms with van der Waals surface area (Å²) in [6, 6.07) is 13.8. The summed E-state index contributed by atoms with van der Waals surface area (Å²) in [7, 11) is 1.63. The third-order valence-electron chi connectivity index (χ3n) is 4.64. The van der Waals surface area contributed by atoms with Crippen molar-refractivity contribution in [1.82, 2.24) is 10.4 Å². The van der Waals surface area contributed by atoms with Crippen LogP contribution in [0.3, 0.4) is 0 Å². The van der Waals surface area contributed by atoms with Crippen molar-refractivity contribution in [2.45, 2.75) is 12.8 Å². The number of hydrogen-bond acceptors (Lipinski definition) is 4. The van der Waals surface area contributed by atoms with Gasteiger partial charge in [-0.2, -0.15) is 5.10 Å². The molecule has 0 spiro atoms. The summed E-state index contributed by atoms with van der Waals surface area (Å²) in [5.41, 5.74) is 7.31. The van der Waals surface area contributed by atoms with Crippen molar-refractivity contribution >= 4 is 22.5 Å². The fourth-order valence-electron chi connectivity index (χ4n) is 3.25. The molecule has 0 atom stereocenters. The molecule has 0 unspecified atom stereocenters. The predicted molar refractivity (Wildman–Crippen MR) is 109 cm³/mol. The molecule has 2 heterocycles. The molecule has 1 aliphatic heterocycles. The molecular formula is C22H19N3O3. The Labute approximate surface area is 162 Å². The fraction of sp³-hybridized carbons (Fsp3) is 0.182. The van der Waals surface area contributed by atoms with Crippen molar-refractivity contribution < 1.29 is 14.3 Å². The van der Waals surface area contributed by atoms with Crippen molar-refractivity contribution in [1.29, 1.82) is 0 Å². The van der Waals surface area contributed by atoms with Crippen LogP contribution in [0.15, 0.2) is 47.6 Å². The van der Waals surface area contributed by atoms with Crippen LogP contribution >= 0.6 is 0 Å². The Morgan fingerprint density at radius 3 is 2.82 bits per heavy atom. The monoisotopic (exact) mass is 373 g/mol. The van der Waals surface area contributed by atoms with Gasteiger partial charge in [-0.25, -0.2) is 5.43 Å². The largest absolute Gasteiger partial charge is 0.496 e. The van der Waals surface area contributed by atoms with Gasteiger partial charge >= 0.3 is 0 Å². The summed E-state index contributed by atoms with van der Waals surface area (Å²) < 4.78 is 11.0. The zero-order chi connectivity index (χ0) is 19.5. The number of rotatable bonds is 5. The van der Waals surface area contributed by atoms with Crippen LogP contribution in [-0.4, -0.2) is 30.3 Å². The molecule has 28 heavy (non-hydrogen) atoms. The summed E-state index contributed by atoms with van der Waals surface area (Å²) in [6.45, 7) is 0.210. The average Bonchev–Trinajstić information content (AvgIpc) is 3.15. The van der Waals surface area contributed by atoms with Gasteiger partial charge in [-0.3, -0.25) is 4.79 Å². The topological polar surface area (TPSA) is 75.7 Å². The van der Waals surface area contributed by atoms with Crippen LogP contribution in [0.2, 0.25) is 0 Å². The molecule has 0 bridgehead atoms. The number of hydrogen-bond donors (Lipinski definition) is 2. The molecule has 0 saturated heterocycles. The Bertz CT molecular complexity index is 1120. The number of terminal acetylenes is 1. The van der Waals surface area contributed by atoms with Crippen molar-refractivity contribution in [2.24, 2.45) is 5.10 Å². The summed E-state index contributed by atoms with van der Waals surface area (Å²) in [6.07, 6.45) is 6.34. The zero-order valence-electron chi connectivity index (χ0n) is 15.4. The average molecular weight is 373 g/mol. The summed E-state index contributed by atoms with van der Waals surface area (Å²) >= 11 is 0. The number of aromatic amines is 1. The van der Waals surface area contributed by atoms with E-state index in [4.69, 9.17) is 15.9 Å². The van der Waals surface area contributed by atoms with E-state index in [0.29, 0.717) is 24.3 Å². The number of carbonyl (C=O) groups is 1. The Morgan fingerprint density at radius 1 is 1.18 bits per heavy atom. The molecule has 2 aromatic carbocycles. The van der Waals surface area contributed by atoms with Crippen LogP contribution < -0.4 is 14.9 Å². The smallest absolute Gasteiger partial charge is 0.240 e. The van der Waals surface area contributed by atoms with Gasteiger partial charge in [0.2, 0.25) is 5.91 Å². The quantitative estimate of drug-likeness (QED) is 0.673. The maximum Gasteiger partial charge on any atom is 0.240 e. The highest BCUT2D eigenvalue weighted by Crippen LogP contribution is 2.34. The highest BCUT2D eigenvalue weighted by molar-refractivity contribution is 6.06. The van der Waals surface area contributed by atoms with Gasteiger partial charge in [-0.05, 0) is 35.9 Å². The standard InChI is InChI=1S/C22H19N3O3/c1-3-10-28-16-5-6-17(21(13-16)27-2)20-12-15-11-14(4-7-18(15)23-20)19-8-9-22(26)25-24-19/h1,4-7,11-13,23H,8-10H2,2H3,(H,25,26). The van der Waals surface area contributed by atoms with E-state index in [0.717, 1.165) is 33.4 Å². The number of benzene rings is 2.